The van der Waals surface area contributed by atoms with Crippen LogP contribution in [0, 0.1) is 0 Å². The highest BCUT2D eigenvalue weighted by molar-refractivity contribution is 5.60. The number of para-hydroxylation sites is 1. The van der Waals surface area contributed by atoms with Crippen molar-refractivity contribution in [3.63, 3.8) is 0 Å². The lowest BCUT2D eigenvalue weighted by molar-refractivity contribution is 0.309. The van der Waals surface area contributed by atoms with E-state index in [1.807, 2.05) is 6.07 Å². The molecular formula is C15H19NO. The minimum atomic E-state index is 0.807. The maximum atomic E-state index is 5.77. The number of hydrogen-bond acceptors (Lipinski definition) is 2. The summed E-state index contributed by atoms with van der Waals surface area (Å²) in [6.07, 6.45) is 6.10. The van der Waals surface area contributed by atoms with Crippen LogP contribution in [0.5, 0.6) is 5.75 Å². The molecule has 1 aliphatic heterocycles. The Labute approximate surface area is 103 Å². The van der Waals surface area contributed by atoms with E-state index in [1.54, 1.807) is 0 Å². The van der Waals surface area contributed by atoms with Gasteiger partial charge in [-0.15, -0.1) is 0 Å². The van der Waals surface area contributed by atoms with Gasteiger partial charge in [-0.1, -0.05) is 29.8 Å². The Morgan fingerprint density at radius 1 is 1.29 bits per heavy atom. The first-order valence-electron chi connectivity index (χ1n) is 6.44. The van der Waals surface area contributed by atoms with Gasteiger partial charge in [0.05, 0.1) is 6.61 Å². The summed E-state index contributed by atoms with van der Waals surface area (Å²) in [6.45, 7) is 1.89. The molecule has 0 N–H and O–H groups in total. The second-order valence-corrected chi connectivity index (χ2v) is 5.09. The number of rotatable bonds is 3. The first-order valence-corrected chi connectivity index (χ1v) is 6.44. The first-order chi connectivity index (χ1) is 8.33. The van der Waals surface area contributed by atoms with Crippen molar-refractivity contribution in [3.05, 3.63) is 35.4 Å². The molecule has 1 aliphatic carbocycles. The molecule has 1 fully saturated rings. The summed E-state index contributed by atoms with van der Waals surface area (Å²) in [5, 5.41) is 0. The molecule has 1 heterocycles. The van der Waals surface area contributed by atoms with Crippen LogP contribution in [0.25, 0.3) is 6.08 Å². The fraction of sp³-hybridized carbons (Fsp3) is 0.467. The van der Waals surface area contributed by atoms with E-state index in [0.29, 0.717) is 0 Å². The molecule has 3 rings (SSSR count). The smallest absolute Gasteiger partial charge is 0.126 e. The third-order valence-electron chi connectivity index (χ3n) is 3.58. The fourth-order valence-corrected chi connectivity index (χ4v) is 2.40. The summed E-state index contributed by atoms with van der Waals surface area (Å²) in [5.41, 5.74) is 2.72. The standard InChI is InChI=1S/C15H19NO/c1-16(14-6-7-14)11-12-8-9-17-15-5-3-2-4-13(15)10-12/h2-5,10,14H,6-9,11H2,1H3. The molecule has 2 nitrogen and oxygen atoms in total. The maximum Gasteiger partial charge on any atom is 0.126 e. The monoisotopic (exact) mass is 229 g/mol. The highest BCUT2D eigenvalue weighted by Gasteiger charge is 2.26. The molecule has 0 spiro atoms. The van der Waals surface area contributed by atoms with Gasteiger partial charge in [-0.2, -0.15) is 0 Å². The van der Waals surface area contributed by atoms with Crippen molar-refractivity contribution < 1.29 is 4.74 Å². The molecule has 2 aliphatic rings. The van der Waals surface area contributed by atoms with E-state index in [9.17, 15) is 0 Å². The Balaban J connectivity index is 1.78. The third-order valence-corrected chi connectivity index (χ3v) is 3.58. The van der Waals surface area contributed by atoms with E-state index < -0.39 is 0 Å². The van der Waals surface area contributed by atoms with Crippen molar-refractivity contribution in [2.45, 2.75) is 25.3 Å². The zero-order valence-electron chi connectivity index (χ0n) is 10.4. The van der Waals surface area contributed by atoms with Crippen LogP contribution in [0.3, 0.4) is 0 Å². The molecule has 1 aromatic carbocycles. The van der Waals surface area contributed by atoms with Gasteiger partial charge in [0.2, 0.25) is 0 Å². The van der Waals surface area contributed by atoms with Gasteiger partial charge in [-0.05, 0) is 26.0 Å². The second-order valence-electron chi connectivity index (χ2n) is 5.09. The highest BCUT2D eigenvalue weighted by Crippen LogP contribution is 2.29. The van der Waals surface area contributed by atoms with Crippen molar-refractivity contribution in [3.8, 4) is 5.75 Å². The summed E-state index contributed by atoms with van der Waals surface area (Å²) in [4.78, 5) is 2.47. The number of nitrogens with zero attached hydrogens (tertiary/aromatic N) is 1. The Hall–Kier alpha value is -1.28. The van der Waals surface area contributed by atoms with Gasteiger partial charge in [-0.25, -0.2) is 0 Å². The Morgan fingerprint density at radius 3 is 2.94 bits per heavy atom. The highest BCUT2D eigenvalue weighted by atomic mass is 16.5. The molecule has 17 heavy (non-hydrogen) atoms. The number of ether oxygens (including phenoxy) is 1. The zero-order valence-corrected chi connectivity index (χ0v) is 10.4. The van der Waals surface area contributed by atoms with E-state index in [2.05, 4.69) is 36.2 Å². The van der Waals surface area contributed by atoms with Crippen molar-refractivity contribution in [2.75, 3.05) is 20.2 Å². The number of fused-ring (bicyclic) bond motifs is 1. The van der Waals surface area contributed by atoms with Crippen molar-refractivity contribution in [1.29, 1.82) is 0 Å². The van der Waals surface area contributed by atoms with Gasteiger partial charge >= 0.3 is 0 Å². The zero-order chi connectivity index (χ0) is 11.7. The molecular weight excluding hydrogens is 210 g/mol. The lowest BCUT2D eigenvalue weighted by Crippen LogP contribution is -2.23. The van der Waals surface area contributed by atoms with Gasteiger partial charge < -0.3 is 4.74 Å². The Bertz CT molecular complexity index is 434. The third kappa shape index (κ3) is 2.52. The van der Waals surface area contributed by atoms with Gasteiger partial charge in [0, 0.05) is 24.6 Å². The summed E-state index contributed by atoms with van der Waals surface area (Å²) in [6, 6.07) is 9.13. The van der Waals surface area contributed by atoms with Crippen LogP contribution in [0.2, 0.25) is 0 Å². The molecule has 0 unspecified atom stereocenters. The second kappa shape index (κ2) is 4.53. The van der Waals surface area contributed by atoms with Gasteiger partial charge in [0.1, 0.15) is 5.75 Å². The summed E-state index contributed by atoms with van der Waals surface area (Å²) in [7, 11) is 2.23. The van der Waals surface area contributed by atoms with Crippen molar-refractivity contribution in [2.24, 2.45) is 0 Å². The number of likely N-dealkylation sites (N-methyl/N-ethyl adjacent to an activating group) is 1. The quantitative estimate of drug-likeness (QED) is 0.790. The molecule has 90 valence electrons. The molecule has 2 heteroatoms. The van der Waals surface area contributed by atoms with Gasteiger partial charge in [0.15, 0.2) is 0 Å². The summed E-state index contributed by atoms with van der Waals surface area (Å²) in [5.74, 6) is 1.02. The molecule has 0 radical (unpaired) electrons. The predicted octanol–water partition coefficient (Wildman–Crippen LogP) is 2.95. The van der Waals surface area contributed by atoms with E-state index in [-0.39, 0.29) is 0 Å². The lowest BCUT2D eigenvalue weighted by atomic mass is 10.1. The Morgan fingerprint density at radius 2 is 2.12 bits per heavy atom. The predicted molar refractivity (Wildman–Crippen MR) is 70.2 cm³/mol. The van der Waals surface area contributed by atoms with E-state index in [0.717, 1.165) is 31.4 Å². The van der Waals surface area contributed by atoms with Crippen LogP contribution in [0.4, 0.5) is 0 Å². The maximum absolute atomic E-state index is 5.77. The van der Waals surface area contributed by atoms with Crippen LogP contribution in [-0.2, 0) is 0 Å². The number of hydrogen-bond donors (Lipinski definition) is 0. The molecule has 0 aromatic heterocycles. The van der Waals surface area contributed by atoms with Gasteiger partial charge in [-0.3, -0.25) is 4.90 Å². The van der Waals surface area contributed by atoms with E-state index >= 15 is 0 Å². The van der Waals surface area contributed by atoms with Crippen LogP contribution < -0.4 is 4.74 Å². The molecule has 0 amide bonds. The minimum absolute atomic E-state index is 0.807. The van der Waals surface area contributed by atoms with Crippen LogP contribution in [0.1, 0.15) is 24.8 Å². The molecule has 0 saturated heterocycles. The Kier molecular flexibility index (Phi) is 2.89. The van der Waals surface area contributed by atoms with E-state index in [1.165, 1.54) is 24.0 Å². The molecule has 0 bridgehead atoms. The minimum Gasteiger partial charge on any atom is -0.493 e. The summed E-state index contributed by atoms with van der Waals surface area (Å²) < 4.78 is 5.77. The van der Waals surface area contributed by atoms with Crippen molar-refractivity contribution in [1.82, 2.24) is 4.90 Å². The number of benzene rings is 1. The van der Waals surface area contributed by atoms with Crippen LogP contribution in [-0.4, -0.2) is 31.1 Å². The first kappa shape index (κ1) is 10.8. The SMILES string of the molecule is CN(CC1=Cc2ccccc2OCC1)C1CC1. The van der Waals surface area contributed by atoms with E-state index in [4.69, 9.17) is 4.74 Å². The average molecular weight is 229 g/mol. The molecule has 1 aromatic rings. The van der Waals surface area contributed by atoms with Crippen molar-refractivity contribution >= 4 is 6.08 Å². The molecule has 0 atom stereocenters. The fourth-order valence-electron chi connectivity index (χ4n) is 2.40. The normalized spacial score (nSPS) is 19.3. The molecule has 1 saturated carbocycles. The van der Waals surface area contributed by atoms with Gasteiger partial charge in [0.25, 0.3) is 0 Å². The topological polar surface area (TPSA) is 12.5 Å². The van der Waals surface area contributed by atoms with Crippen LogP contribution >= 0.6 is 0 Å². The lowest BCUT2D eigenvalue weighted by Gasteiger charge is -2.17. The average Bonchev–Trinajstić information content (AvgIpc) is 3.15. The largest absolute Gasteiger partial charge is 0.493 e. The summed E-state index contributed by atoms with van der Waals surface area (Å²) >= 11 is 0. The van der Waals surface area contributed by atoms with Crippen LogP contribution in [0.15, 0.2) is 29.8 Å².